The van der Waals surface area contributed by atoms with Gasteiger partial charge in [-0.1, -0.05) is 47.0 Å². The van der Waals surface area contributed by atoms with Crippen molar-refractivity contribution in [2.75, 3.05) is 0 Å². The monoisotopic (exact) mass is 263 g/mol. The van der Waals surface area contributed by atoms with Gasteiger partial charge in [0.05, 0.1) is 6.07 Å². The van der Waals surface area contributed by atoms with Gasteiger partial charge in [0.15, 0.2) is 5.78 Å². The van der Waals surface area contributed by atoms with E-state index >= 15 is 0 Å². The second kappa shape index (κ2) is 5.71. The highest BCUT2D eigenvalue weighted by Gasteiger charge is 2.21. The Morgan fingerprint density at radius 2 is 1.50 bits per heavy atom. The summed E-state index contributed by atoms with van der Waals surface area (Å²) in [7, 11) is 0. The smallest absolute Gasteiger partial charge is 0.184 e. The number of ketones is 1. The van der Waals surface area contributed by atoms with Gasteiger partial charge in [0.1, 0.15) is 5.92 Å². The van der Waals surface area contributed by atoms with Gasteiger partial charge >= 0.3 is 0 Å². The van der Waals surface area contributed by atoms with E-state index in [2.05, 4.69) is 6.07 Å². The highest BCUT2D eigenvalue weighted by molar-refractivity contribution is 6.03. The third-order valence-corrected chi connectivity index (χ3v) is 3.31. The molecule has 2 rings (SSSR count). The molecular weight excluding hydrogens is 246 g/mol. The summed E-state index contributed by atoms with van der Waals surface area (Å²) in [5, 5.41) is 9.35. The van der Waals surface area contributed by atoms with Crippen molar-refractivity contribution < 1.29 is 4.79 Å². The van der Waals surface area contributed by atoms with Crippen molar-refractivity contribution in [3.63, 3.8) is 0 Å². The lowest BCUT2D eigenvalue weighted by Crippen LogP contribution is -2.11. The fraction of sp³-hybridized carbons (Fsp3) is 0.222. The fourth-order valence-electron chi connectivity index (χ4n) is 2.33. The Hall–Kier alpha value is -2.40. The van der Waals surface area contributed by atoms with E-state index in [0.29, 0.717) is 5.56 Å². The SMILES string of the molecule is Cc1ccc(C(C#N)C(=O)c2cc(C)cc(C)c2)cc1. The van der Waals surface area contributed by atoms with Crippen LogP contribution in [0.5, 0.6) is 0 Å². The Kier molecular flexibility index (Phi) is 4.00. The van der Waals surface area contributed by atoms with Crippen LogP contribution in [-0.4, -0.2) is 5.78 Å². The molecule has 2 heteroatoms. The van der Waals surface area contributed by atoms with Crippen LogP contribution in [0.15, 0.2) is 42.5 Å². The number of carbonyl (C=O) groups excluding carboxylic acids is 1. The average molecular weight is 263 g/mol. The zero-order valence-corrected chi connectivity index (χ0v) is 12.0. The molecule has 0 N–H and O–H groups in total. The zero-order chi connectivity index (χ0) is 14.7. The second-order valence-corrected chi connectivity index (χ2v) is 5.21. The van der Waals surface area contributed by atoms with E-state index in [0.717, 1.165) is 22.3 Å². The van der Waals surface area contributed by atoms with Crippen LogP contribution in [0.2, 0.25) is 0 Å². The number of carbonyl (C=O) groups is 1. The van der Waals surface area contributed by atoms with Gasteiger partial charge in [-0.2, -0.15) is 5.26 Å². The summed E-state index contributed by atoms with van der Waals surface area (Å²) in [5.41, 5.74) is 4.55. The standard InChI is InChI=1S/C18H17NO/c1-12-4-6-15(7-5-12)17(11-19)18(20)16-9-13(2)8-14(3)10-16/h4-10,17H,1-3H3. The molecule has 2 aromatic rings. The van der Waals surface area contributed by atoms with Crippen molar-refractivity contribution in [2.24, 2.45) is 0 Å². The Balaban J connectivity index is 2.39. The van der Waals surface area contributed by atoms with Crippen LogP contribution < -0.4 is 0 Å². The molecule has 2 nitrogen and oxygen atoms in total. The number of nitriles is 1. The van der Waals surface area contributed by atoms with Gasteiger partial charge in [0, 0.05) is 5.56 Å². The van der Waals surface area contributed by atoms with Gasteiger partial charge in [-0.3, -0.25) is 4.79 Å². The summed E-state index contributed by atoms with van der Waals surface area (Å²) < 4.78 is 0. The van der Waals surface area contributed by atoms with Crippen molar-refractivity contribution in [1.82, 2.24) is 0 Å². The predicted molar refractivity (Wildman–Crippen MR) is 79.8 cm³/mol. The molecule has 0 heterocycles. The van der Waals surface area contributed by atoms with Gasteiger partial charge in [-0.15, -0.1) is 0 Å². The minimum absolute atomic E-state index is 0.136. The first-order valence-corrected chi connectivity index (χ1v) is 6.60. The maximum absolute atomic E-state index is 12.5. The molecule has 0 saturated carbocycles. The summed E-state index contributed by atoms with van der Waals surface area (Å²) in [6, 6.07) is 15.4. The minimum Gasteiger partial charge on any atom is -0.292 e. The van der Waals surface area contributed by atoms with Gasteiger partial charge in [0.25, 0.3) is 0 Å². The predicted octanol–water partition coefficient (Wildman–Crippen LogP) is 4.10. The molecule has 2 aromatic carbocycles. The second-order valence-electron chi connectivity index (χ2n) is 5.21. The summed E-state index contributed by atoms with van der Waals surface area (Å²) in [6.07, 6.45) is 0. The highest BCUT2D eigenvalue weighted by atomic mass is 16.1. The molecule has 0 aliphatic carbocycles. The van der Waals surface area contributed by atoms with Gasteiger partial charge < -0.3 is 0 Å². The fourth-order valence-corrected chi connectivity index (χ4v) is 2.33. The Bertz CT molecular complexity index is 657. The molecule has 0 aromatic heterocycles. The lowest BCUT2D eigenvalue weighted by atomic mass is 9.90. The van der Waals surface area contributed by atoms with E-state index in [-0.39, 0.29) is 5.78 Å². The molecule has 0 saturated heterocycles. The summed E-state index contributed by atoms with van der Waals surface area (Å²) in [4.78, 5) is 12.5. The molecule has 0 aliphatic heterocycles. The average Bonchev–Trinajstić information content (AvgIpc) is 2.40. The van der Waals surface area contributed by atoms with Crippen LogP contribution in [0.1, 0.15) is 38.5 Å². The van der Waals surface area contributed by atoms with E-state index in [1.807, 2.05) is 63.2 Å². The van der Waals surface area contributed by atoms with Gasteiger partial charge in [-0.05, 0) is 38.5 Å². The maximum Gasteiger partial charge on any atom is 0.184 e. The molecule has 0 aliphatic rings. The molecule has 20 heavy (non-hydrogen) atoms. The first-order chi connectivity index (χ1) is 9.51. The quantitative estimate of drug-likeness (QED) is 0.782. The van der Waals surface area contributed by atoms with Crippen LogP contribution >= 0.6 is 0 Å². The van der Waals surface area contributed by atoms with E-state index in [9.17, 15) is 10.1 Å². The molecule has 0 spiro atoms. The number of nitrogens with zero attached hydrogens (tertiary/aromatic N) is 1. The number of Topliss-reactive ketones (excluding diaryl/α,β-unsaturated/α-hetero) is 1. The topological polar surface area (TPSA) is 40.9 Å². The Morgan fingerprint density at radius 3 is 2.00 bits per heavy atom. The molecule has 1 atom stereocenters. The molecule has 0 radical (unpaired) electrons. The van der Waals surface area contributed by atoms with E-state index in [4.69, 9.17) is 0 Å². The molecular formula is C18H17NO. The van der Waals surface area contributed by atoms with Crippen molar-refractivity contribution in [3.05, 3.63) is 70.3 Å². The van der Waals surface area contributed by atoms with Crippen molar-refractivity contribution in [2.45, 2.75) is 26.7 Å². The van der Waals surface area contributed by atoms with E-state index in [1.165, 1.54) is 0 Å². The number of benzene rings is 2. The number of aryl methyl sites for hydroxylation is 3. The van der Waals surface area contributed by atoms with Crippen LogP contribution in [0.4, 0.5) is 0 Å². The molecule has 0 amide bonds. The number of rotatable bonds is 3. The third-order valence-electron chi connectivity index (χ3n) is 3.31. The van der Waals surface area contributed by atoms with E-state index < -0.39 is 5.92 Å². The molecule has 100 valence electrons. The van der Waals surface area contributed by atoms with Crippen molar-refractivity contribution in [3.8, 4) is 6.07 Å². The normalized spacial score (nSPS) is 11.7. The molecule has 1 unspecified atom stereocenters. The number of hydrogen-bond donors (Lipinski definition) is 0. The lowest BCUT2D eigenvalue weighted by Gasteiger charge is -2.10. The largest absolute Gasteiger partial charge is 0.292 e. The Morgan fingerprint density at radius 1 is 0.950 bits per heavy atom. The summed E-state index contributed by atoms with van der Waals surface area (Å²) in [6.45, 7) is 5.89. The van der Waals surface area contributed by atoms with E-state index in [1.54, 1.807) is 0 Å². The first-order valence-electron chi connectivity index (χ1n) is 6.60. The Labute approximate surface area is 119 Å². The zero-order valence-electron chi connectivity index (χ0n) is 12.0. The summed E-state index contributed by atoms with van der Waals surface area (Å²) in [5.74, 6) is -0.875. The van der Waals surface area contributed by atoms with Crippen LogP contribution in [-0.2, 0) is 0 Å². The maximum atomic E-state index is 12.5. The minimum atomic E-state index is -0.739. The first kappa shape index (κ1) is 14.0. The van der Waals surface area contributed by atoms with Gasteiger partial charge in [0.2, 0.25) is 0 Å². The van der Waals surface area contributed by atoms with Crippen molar-refractivity contribution >= 4 is 5.78 Å². The van der Waals surface area contributed by atoms with Crippen molar-refractivity contribution in [1.29, 1.82) is 5.26 Å². The van der Waals surface area contributed by atoms with Crippen LogP contribution in [0.25, 0.3) is 0 Å². The van der Waals surface area contributed by atoms with Crippen LogP contribution in [0.3, 0.4) is 0 Å². The lowest BCUT2D eigenvalue weighted by molar-refractivity contribution is 0.0978. The van der Waals surface area contributed by atoms with Crippen LogP contribution in [0, 0.1) is 32.1 Å². The highest BCUT2D eigenvalue weighted by Crippen LogP contribution is 2.22. The third kappa shape index (κ3) is 2.95. The molecule has 0 fully saturated rings. The number of hydrogen-bond acceptors (Lipinski definition) is 2. The van der Waals surface area contributed by atoms with Gasteiger partial charge in [-0.25, -0.2) is 0 Å². The summed E-state index contributed by atoms with van der Waals surface area (Å²) >= 11 is 0. The molecule has 0 bridgehead atoms.